The molecule has 0 radical (unpaired) electrons. The number of rotatable bonds is 5. The molecule has 0 unspecified atom stereocenters. The van der Waals surface area contributed by atoms with Gasteiger partial charge in [0, 0.05) is 33.4 Å². The zero-order chi connectivity index (χ0) is 32.3. The van der Waals surface area contributed by atoms with Crippen molar-refractivity contribution in [1.82, 2.24) is 4.98 Å². The van der Waals surface area contributed by atoms with Gasteiger partial charge in [0.2, 0.25) is 0 Å². The lowest BCUT2D eigenvalue weighted by molar-refractivity contribution is 0.669. The molecule has 0 bridgehead atoms. The molecule has 0 saturated heterocycles. The van der Waals surface area contributed by atoms with Crippen LogP contribution in [0.15, 0.2) is 174 Å². The normalized spacial score (nSPS) is 11.7. The summed E-state index contributed by atoms with van der Waals surface area (Å²) in [5, 5.41) is 8.17. The van der Waals surface area contributed by atoms with Gasteiger partial charge in [0.1, 0.15) is 16.2 Å². The number of thiazole rings is 1. The molecule has 8 aromatic carbocycles. The summed E-state index contributed by atoms with van der Waals surface area (Å²) in [6.07, 6.45) is 0. The third kappa shape index (κ3) is 4.68. The Kier molecular flexibility index (Phi) is 6.36. The van der Waals surface area contributed by atoms with Gasteiger partial charge in [-0.1, -0.05) is 115 Å². The molecule has 0 fully saturated rings. The van der Waals surface area contributed by atoms with Crippen LogP contribution in [-0.4, -0.2) is 4.98 Å². The highest BCUT2D eigenvalue weighted by molar-refractivity contribution is 7.22. The van der Waals surface area contributed by atoms with Gasteiger partial charge in [0.25, 0.3) is 0 Å². The van der Waals surface area contributed by atoms with Crippen LogP contribution in [0.4, 0.5) is 17.1 Å². The van der Waals surface area contributed by atoms with Crippen LogP contribution in [0, 0.1) is 0 Å². The average Bonchev–Trinajstić information content (AvgIpc) is 3.77. The van der Waals surface area contributed by atoms with E-state index in [1.165, 1.54) is 32.7 Å². The summed E-state index contributed by atoms with van der Waals surface area (Å²) in [6, 6.07) is 60.3. The van der Waals surface area contributed by atoms with Gasteiger partial charge in [-0.2, -0.15) is 0 Å². The minimum Gasteiger partial charge on any atom is -0.456 e. The molecular weight excluding hydrogens is 617 g/mol. The maximum Gasteiger partial charge on any atom is 0.137 e. The van der Waals surface area contributed by atoms with Gasteiger partial charge in [-0.15, -0.1) is 11.3 Å². The van der Waals surface area contributed by atoms with Crippen LogP contribution < -0.4 is 4.90 Å². The molecule has 0 amide bonds. The summed E-state index contributed by atoms with van der Waals surface area (Å²) in [4.78, 5) is 7.37. The molecule has 49 heavy (non-hydrogen) atoms. The number of furan rings is 1. The second-order valence-corrected chi connectivity index (χ2v) is 13.4. The zero-order valence-corrected chi connectivity index (χ0v) is 27.2. The van der Waals surface area contributed by atoms with Crippen LogP contribution in [0.5, 0.6) is 0 Å². The predicted octanol–water partition coefficient (Wildman–Crippen LogP) is 13.3. The Morgan fingerprint density at radius 1 is 0.449 bits per heavy atom. The number of hydrogen-bond acceptors (Lipinski definition) is 4. The lowest BCUT2D eigenvalue weighted by Gasteiger charge is -2.26. The summed E-state index contributed by atoms with van der Waals surface area (Å²) in [5.74, 6) is 0. The van der Waals surface area contributed by atoms with Gasteiger partial charge in [-0.05, 0) is 87.3 Å². The molecule has 10 aromatic rings. The quantitative estimate of drug-likeness (QED) is 0.175. The van der Waals surface area contributed by atoms with Crippen molar-refractivity contribution in [2.75, 3.05) is 4.90 Å². The fraction of sp³-hybridized carbons (Fsp3) is 0. The number of hydrogen-bond donors (Lipinski definition) is 0. The lowest BCUT2D eigenvalue weighted by atomic mass is 10.0. The standard InChI is InChI=1S/C45H28N2OS/c1-3-9-29(10-4-1)30-17-19-34(20-18-30)47(35-21-23-38-33(27-35)16-15-31-11-7-8-14-37(31)38)36-22-25-41-39(28-36)43-42(48-41)26-24-40-44(43)49-45(46-40)32-12-5-2-6-13-32/h1-28H. The van der Waals surface area contributed by atoms with E-state index in [1.807, 2.05) is 6.07 Å². The van der Waals surface area contributed by atoms with E-state index in [2.05, 4.69) is 169 Å². The van der Waals surface area contributed by atoms with Crippen LogP contribution in [0.2, 0.25) is 0 Å². The molecule has 0 aliphatic carbocycles. The highest BCUT2D eigenvalue weighted by atomic mass is 32.1. The molecule has 0 aliphatic rings. The van der Waals surface area contributed by atoms with Crippen molar-refractivity contribution >= 4 is 82.1 Å². The first-order chi connectivity index (χ1) is 24.3. The first-order valence-electron chi connectivity index (χ1n) is 16.5. The average molecular weight is 645 g/mol. The third-order valence-electron chi connectivity index (χ3n) is 9.47. The van der Waals surface area contributed by atoms with E-state index in [0.717, 1.165) is 59.8 Å². The zero-order valence-electron chi connectivity index (χ0n) is 26.4. The molecular formula is C45H28N2OS. The van der Waals surface area contributed by atoms with Gasteiger partial charge in [0.05, 0.1) is 10.2 Å². The van der Waals surface area contributed by atoms with Gasteiger partial charge in [0.15, 0.2) is 0 Å². The summed E-state index contributed by atoms with van der Waals surface area (Å²) in [6.45, 7) is 0. The second kappa shape index (κ2) is 11.2. The van der Waals surface area contributed by atoms with Crippen LogP contribution >= 0.6 is 11.3 Å². The van der Waals surface area contributed by atoms with Crippen LogP contribution in [0.25, 0.3) is 75.4 Å². The number of benzene rings is 8. The SMILES string of the molecule is c1ccc(-c2ccc(N(c3ccc4c(ccc5ccccc54)c3)c3ccc4oc5ccc6nc(-c7ccccc7)sc6c5c4c3)cc2)cc1. The van der Waals surface area contributed by atoms with E-state index < -0.39 is 0 Å². The maximum absolute atomic E-state index is 6.45. The van der Waals surface area contributed by atoms with Crippen LogP contribution in [-0.2, 0) is 0 Å². The van der Waals surface area contributed by atoms with Crippen molar-refractivity contribution in [1.29, 1.82) is 0 Å². The molecule has 2 heterocycles. The first-order valence-corrected chi connectivity index (χ1v) is 17.3. The monoisotopic (exact) mass is 644 g/mol. The summed E-state index contributed by atoms with van der Waals surface area (Å²) >= 11 is 1.72. The molecule has 0 N–H and O–H groups in total. The maximum atomic E-state index is 6.45. The lowest BCUT2D eigenvalue weighted by Crippen LogP contribution is -2.09. The number of anilines is 3. The molecule has 230 valence electrons. The number of fused-ring (bicyclic) bond motifs is 8. The van der Waals surface area contributed by atoms with Gasteiger partial charge in [-0.3, -0.25) is 0 Å². The largest absolute Gasteiger partial charge is 0.456 e. The smallest absolute Gasteiger partial charge is 0.137 e. The minimum absolute atomic E-state index is 0.866. The molecule has 4 heteroatoms. The number of nitrogens with zero attached hydrogens (tertiary/aromatic N) is 2. The molecule has 0 aliphatic heterocycles. The van der Waals surface area contributed by atoms with Gasteiger partial charge < -0.3 is 9.32 Å². The van der Waals surface area contributed by atoms with E-state index in [9.17, 15) is 0 Å². The second-order valence-electron chi connectivity index (χ2n) is 12.4. The fourth-order valence-corrected chi connectivity index (χ4v) is 8.22. The fourth-order valence-electron chi connectivity index (χ4n) is 7.10. The topological polar surface area (TPSA) is 29.3 Å². The molecule has 10 rings (SSSR count). The molecule has 0 saturated carbocycles. The molecule has 0 spiro atoms. The van der Waals surface area contributed by atoms with Gasteiger partial charge >= 0.3 is 0 Å². The van der Waals surface area contributed by atoms with E-state index in [1.54, 1.807) is 11.3 Å². The highest BCUT2D eigenvalue weighted by Gasteiger charge is 2.19. The Hall–Kier alpha value is -6.23. The Morgan fingerprint density at radius 3 is 1.92 bits per heavy atom. The van der Waals surface area contributed by atoms with Crippen molar-refractivity contribution < 1.29 is 4.42 Å². The summed E-state index contributed by atoms with van der Waals surface area (Å²) in [5.41, 5.74) is 9.48. The minimum atomic E-state index is 0.866. The van der Waals surface area contributed by atoms with Crippen molar-refractivity contribution in [2.24, 2.45) is 0 Å². The van der Waals surface area contributed by atoms with E-state index in [4.69, 9.17) is 9.40 Å². The molecule has 0 atom stereocenters. The van der Waals surface area contributed by atoms with Crippen LogP contribution in [0.3, 0.4) is 0 Å². The first kappa shape index (κ1) is 27.8. The Balaban J connectivity index is 1.17. The predicted molar refractivity (Wildman–Crippen MR) is 207 cm³/mol. The Morgan fingerprint density at radius 2 is 1.08 bits per heavy atom. The molecule has 3 nitrogen and oxygen atoms in total. The Bertz CT molecular complexity index is 2820. The Labute approximate surface area is 286 Å². The summed E-state index contributed by atoms with van der Waals surface area (Å²) in [7, 11) is 0. The van der Waals surface area contributed by atoms with E-state index in [-0.39, 0.29) is 0 Å². The highest BCUT2D eigenvalue weighted by Crippen LogP contribution is 2.44. The van der Waals surface area contributed by atoms with Crippen molar-refractivity contribution in [3.05, 3.63) is 170 Å². The van der Waals surface area contributed by atoms with E-state index in [0.29, 0.717) is 0 Å². The third-order valence-corrected chi connectivity index (χ3v) is 10.6. The van der Waals surface area contributed by atoms with E-state index >= 15 is 0 Å². The van der Waals surface area contributed by atoms with Crippen molar-refractivity contribution in [2.45, 2.75) is 0 Å². The molecule has 2 aromatic heterocycles. The number of aromatic nitrogens is 1. The van der Waals surface area contributed by atoms with Crippen molar-refractivity contribution in [3.63, 3.8) is 0 Å². The van der Waals surface area contributed by atoms with Crippen molar-refractivity contribution in [3.8, 4) is 21.7 Å². The summed E-state index contributed by atoms with van der Waals surface area (Å²) < 4.78 is 7.59. The van der Waals surface area contributed by atoms with Gasteiger partial charge in [-0.25, -0.2) is 4.98 Å². The van der Waals surface area contributed by atoms with Crippen LogP contribution in [0.1, 0.15) is 0 Å².